The highest BCUT2D eigenvalue weighted by atomic mass is 16.5. The van der Waals surface area contributed by atoms with Gasteiger partial charge in [0.05, 0.1) is 18.8 Å². The number of carbonyl (C=O) groups excluding carboxylic acids is 1. The second kappa shape index (κ2) is 5.66. The second-order valence-corrected chi connectivity index (χ2v) is 4.14. The van der Waals surface area contributed by atoms with Crippen LogP contribution in [-0.2, 0) is 0 Å². The van der Waals surface area contributed by atoms with E-state index in [-0.39, 0.29) is 18.1 Å². The van der Waals surface area contributed by atoms with Crippen LogP contribution >= 0.6 is 0 Å². The monoisotopic (exact) mass is 222 g/mol. The maximum Gasteiger partial charge on any atom is 0.169 e. The molecule has 3 heteroatoms. The number of hydrogen-bond acceptors (Lipinski definition) is 3. The molecule has 0 aliphatic heterocycles. The molecule has 0 fully saturated rings. The Hall–Kier alpha value is -1.35. The van der Waals surface area contributed by atoms with E-state index in [2.05, 4.69) is 0 Å². The van der Waals surface area contributed by atoms with Gasteiger partial charge in [-0.25, -0.2) is 0 Å². The third-order valence-corrected chi connectivity index (χ3v) is 2.57. The van der Waals surface area contributed by atoms with Crippen molar-refractivity contribution in [2.75, 3.05) is 7.11 Å². The molecular weight excluding hydrogens is 204 g/mol. The predicted octanol–water partition coefficient (Wildman–Crippen LogP) is 2.28. The van der Waals surface area contributed by atoms with Crippen LogP contribution in [0.2, 0.25) is 0 Å². The molecule has 0 amide bonds. The number of rotatable bonds is 5. The Morgan fingerprint density at radius 3 is 2.56 bits per heavy atom. The van der Waals surface area contributed by atoms with Gasteiger partial charge in [0.25, 0.3) is 0 Å². The van der Waals surface area contributed by atoms with Gasteiger partial charge >= 0.3 is 0 Å². The largest absolute Gasteiger partial charge is 0.496 e. The van der Waals surface area contributed by atoms with Crippen LogP contribution in [-0.4, -0.2) is 24.1 Å². The zero-order valence-electron chi connectivity index (χ0n) is 9.93. The van der Waals surface area contributed by atoms with Gasteiger partial charge in [0.1, 0.15) is 5.75 Å². The molecule has 0 heterocycles. The van der Waals surface area contributed by atoms with Crippen molar-refractivity contribution in [2.24, 2.45) is 5.92 Å². The molecule has 0 spiro atoms. The Kier molecular flexibility index (Phi) is 4.50. The fourth-order valence-corrected chi connectivity index (χ4v) is 1.41. The minimum atomic E-state index is -0.600. The number of hydrogen-bond donors (Lipinski definition) is 1. The van der Waals surface area contributed by atoms with Gasteiger partial charge in [-0.3, -0.25) is 4.79 Å². The Morgan fingerprint density at radius 1 is 1.38 bits per heavy atom. The molecule has 0 aromatic heterocycles. The summed E-state index contributed by atoms with van der Waals surface area (Å²) in [4.78, 5) is 11.9. The minimum Gasteiger partial charge on any atom is -0.496 e. The molecule has 1 aromatic rings. The summed E-state index contributed by atoms with van der Waals surface area (Å²) in [6.45, 7) is 3.78. The molecule has 0 saturated carbocycles. The first-order valence-electron chi connectivity index (χ1n) is 5.40. The first-order chi connectivity index (χ1) is 7.56. The van der Waals surface area contributed by atoms with Crippen molar-refractivity contribution < 1.29 is 14.6 Å². The number of aliphatic hydroxyl groups is 1. The van der Waals surface area contributed by atoms with Crippen LogP contribution in [0.3, 0.4) is 0 Å². The number of ether oxygens (including phenoxy) is 1. The zero-order valence-corrected chi connectivity index (χ0v) is 9.93. The van der Waals surface area contributed by atoms with E-state index in [1.54, 1.807) is 18.2 Å². The van der Waals surface area contributed by atoms with E-state index in [9.17, 15) is 9.90 Å². The molecule has 0 radical (unpaired) electrons. The van der Waals surface area contributed by atoms with Crippen molar-refractivity contribution in [2.45, 2.75) is 26.4 Å². The lowest BCUT2D eigenvalue weighted by atomic mass is 9.98. The fourth-order valence-electron chi connectivity index (χ4n) is 1.41. The van der Waals surface area contributed by atoms with E-state index in [0.717, 1.165) is 0 Å². The Morgan fingerprint density at radius 2 is 2.00 bits per heavy atom. The van der Waals surface area contributed by atoms with E-state index in [0.29, 0.717) is 11.3 Å². The molecule has 1 unspecified atom stereocenters. The van der Waals surface area contributed by atoms with Crippen molar-refractivity contribution in [3.05, 3.63) is 29.8 Å². The molecule has 1 rings (SSSR count). The predicted molar refractivity (Wildman–Crippen MR) is 62.8 cm³/mol. The Balaban J connectivity index is 2.80. The molecule has 0 aliphatic rings. The quantitative estimate of drug-likeness (QED) is 0.777. The lowest BCUT2D eigenvalue weighted by Crippen LogP contribution is -2.19. The molecule has 16 heavy (non-hydrogen) atoms. The van der Waals surface area contributed by atoms with E-state index in [1.807, 2.05) is 19.9 Å². The van der Waals surface area contributed by atoms with Gasteiger partial charge in [-0.1, -0.05) is 26.0 Å². The molecular formula is C13H18O3. The van der Waals surface area contributed by atoms with Crippen LogP contribution in [0.25, 0.3) is 0 Å². The van der Waals surface area contributed by atoms with E-state index in [4.69, 9.17) is 4.74 Å². The molecule has 0 aliphatic carbocycles. The third kappa shape index (κ3) is 3.07. The van der Waals surface area contributed by atoms with E-state index < -0.39 is 6.10 Å². The summed E-state index contributed by atoms with van der Waals surface area (Å²) in [5.74, 6) is 0.556. The maximum atomic E-state index is 11.9. The summed E-state index contributed by atoms with van der Waals surface area (Å²) < 4.78 is 5.11. The normalized spacial score (nSPS) is 12.6. The van der Waals surface area contributed by atoms with Crippen LogP contribution in [0, 0.1) is 5.92 Å². The highest BCUT2D eigenvalue weighted by Crippen LogP contribution is 2.20. The average molecular weight is 222 g/mol. The van der Waals surface area contributed by atoms with Crippen LogP contribution in [0.1, 0.15) is 30.6 Å². The Labute approximate surface area is 96.1 Å². The highest BCUT2D eigenvalue weighted by Gasteiger charge is 2.18. The smallest absolute Gasteiger partial charge is 0.169 e. The minimum absolute atomic E-state index is 0.0821. The van der Waals surface area contributed by atoms with Crippen LogP contribution in [0.5, 0.6) is 5.75 Å². The summed E-state index contributed by atoms with van der Waals surface area (Å²) in [5.41, 5.74) is 0.532. The molecule has 0 bridgehead atoms. The second-order valence-electron chi connectivity index (χ2n) is 4.14. The first-order valence-corrected chi connectivity index (χ1v) is 5.40. The summed E-state index contributed by atoms with van der Waals surface area (Å²) in [6, 6.07) is 7.06. The summed E-state index contributed by atoms with van der Waals surface area (Å²) in [7, 11) is 1.53. The van der Waals surface area contributed by atoms with Crippen molar-refractivity contribution in [1.29, 1.82) is 0 Å². The topological polar surface area (TPSA) is 46.5 Å². The lowest BCUT2D eigenvalue weighted by molar-refractivity contribution is 0.0788. The van der Waals surface area contributed by atoms with Gasteiger partial charge in [0, 0.05) is 6.42 Å². The van der Waals surface area contributed by atoms with Gasteiger partial charge in [-0.2, -0.15) is 0 Å². The molecule has 1 N–H and O–H groups in total. The number of para-hydroxylation sites is 1. The number of benzene rings is 1. The zero-order chi connectivity index (χ0) is 12.1. The number of Topliss-reactive ketones (excluding diaryl/α,β-unsaturated/α-hetero) is 1. The number of aliphatic hydroxyl groups excluding tert-OH is 1. The molecule has 1 aromatic carbocycles. The Bertz CT molecular complexity index is 358. The average Bonchev–Trinajstić information content (AvgIpc) is 2.28. The van der Waals surface area contributed by atoms with Crippen LogP contribution in [0.4, 0.5) is 0 Å². The number of ketones is 1. The van der Waals surface area contributed by atoms with Gasteiger partial charge in [0.15, 0.2) is 5.78 Å². The summed E-state index contributed by atoms with van der Waals surface area (Å²) >= 11 is 0. The van der Waals surface area contributed by atoms with Crippen molar-refractivity contribution in [1.82, 2.24) is 0 Å². The highest BCUT2D eigenvalue weighted by molar-refractivity contribution is 5.98. The number of methoxy groups -OCH3 is 1. The van der Waals surface area contributed by atoms with Gasteiger partial charge < -0.3 is 9.84 Å². The fraction of sp³-hybridized carbons (Fsp3) is 0.462. The van der Waals surface area contributed by atoms with Gasteiger partial charge in [-0.05, 0) is 18.1 Å². The standard InChI is InChI=1S/C13H18O3/c1-9(2)11(14)8-12(15)10-6-4-5-7-13(10)16-3/h4-7,9,11,14H,8H2,1-3H3. The molecule has 3 nitrogen and oxygen atoms in total. The van der Waals surface area contributed by atoms with Gasteiger partial charge in [-0.15, -0.1) is 0 Å². The lowest BCUT2D eigenvalue weighted by Gasteiger charge is -2.14. The molecule has 0 saturated heterocycles. The van der Waals surface area contributed by atoms with Crippen LogP contribution in [0.15, 0.2) is 24.3 Å². The summed E-state index contributed by atoms with van der Waals surface area (Å²) in [5, 5.41) is 9.66. The van der Waals surface area contributed by atoms with Crippen molar-refractivity contribution in [3.8, 4) is 5.75 Å². The van der Waals surface area contributed by atoms with Crippen LogP contribution < -0.4 is 4.74 Å². The van der Waals surface area contributed by atoms with Crippen molar-refractivity contribution >= 4 is 5.78 Å². The van der Waals surface area contributed by atoms with E-state index in [1.165, 1.54) is 7.11 Å². The molecule has 88 valence electrons. The first kappa shape index (κ1) is 12.7. The third-order valence-electron chi connectivity index (χ3n) is 2.57. The maximum absolute atomic E-state index is 11.9. The summed E-state index contributed by atoms with van der Waals surface area (Å²) in [6.07, 6.45) is -0.463. The van der Waals surface area contributed by atoms with E-state index >= 15 is 0 Å². The van der Waals surface area contributed by atoms with Gasteiger partial charge in [0.2, 0.25) is 0 Å². The number of carbonyl (C=O) groups is 1. The SMILES string of the molecule is COc1ccccc1C(=O)CC(O)C(C)C. The van der Waals surface area contributed by atoms with Crippen molar-refractivity contribution in [3.63, 3.8) is 0 Å². The molecule has 1 atom stereocenters.